The van der Waals surface area contributed by atoms with Crippen molar-refractivity contribution in [3.63, 3.8) is 0 Å². The highest BCUT2D eigenvalue weighted by molar-refractivity contribution is 5.94. The summed E-state index contributed by atoms with van der Waals surface area (Å²) in [6.45, 7) is 6.56. The third-order valence-corrected chi connectivity index (χ3v) is 5.98. The molecule has 27 heavy (non-hydrogen) atoms. The molecular formula is C22H33N3O2. The Bertz CT molecular complexity index is 617. The zero-order valence-corrected chi connectivity index (χ0v) is 16.5. The maximum absolute atomic E-state index is 12.5. The lowest BCUT2D eigenvalue weighted by molar-refractivity contribution is -0.122. The maximum Gasteiger partial charge on any atom is 0.253 e. The minimum atomic E-state index is 0.113. The monoisotopic (exact) mass is 371 g/mol. The van der Waals surface area contributed by atoms with Crippen molar-refractivity contribution in [3.05, 3.63) is 35.4 Å². The summed E-state index contributed by atoms with van der Waals surface area (Å²) < 4.78 is 0. The van der Waals surface area contributed by atoms with Gasteiger partial charge in [0.2, 0.25) is 5.91 Å². The van der Waals surface area contributed by atoms with Gasteiger partial charge in [-0.05, 0) is 74.7 Å². The van der Waals surface area contributed by atoms with Gasteiger partial charge < -0.3 is 15.5 Å². The minimum absolute atomic E-state index is 0.113. The van der Waals surface area contributed by atoms with E-state index in [9.17, 15) is 9.59 Å². The van der Waals surface area contributed by atoms with Gasteiger partial charge in [-0.3, -0.25) is 9.59 Å². The average molecular weight is 372 g/mol. The first-order chi connectivity index (χ1) is 13.1. The van der Waals surface area contributed by atoms with Crippen LogP contribution < -0.4 is 10.6 Å². The van der Waals surface area contributed by atoms with Gasteiger partial charge in [-0.25, -0.2) is 0 Å². The molecule has 2 N–H and O–H groups in total. The standard InChI is InChI=1S/C22H33N3O2/c1-17(20-6-5-11-23-16-20)14-21(26)24-15-18-7-9-19(10-8-18)22(27)25-12-3-2-4-13-25/h7-10,17,20,23H,2-6,11-16H2,1H3,(H,24,26). The van der Waals surface area contributed by atoms with E-state index in [1.807, 2.05) is 29.2 Å². The smallest absolute Gasteiger partial charge is 0.253 e. The topological polar surface area (TPSA) is 61.4 Å². The van der Waals surface area contributed by atoms with E-state index in [1.165, 1.54) is 19.3 Å². The van der Waals surface area contributed by atoms with Crippen LogP contribution in [0.4, 0.5) is 0 Å². The molecule has 3 rings (SSSR count). The second kappa shape index (κ2) is 9.88. The van der Waals surface area contributed by atoms with Crippen LogP contribution in [-0.2, 0) is 11.3 Å². The Balaban J connectivity index is 1.43. The van der Waals surface area contributed by atoms with E-state index in [-0.39, 0.29) is 11.8 Å². The number of likely N-dealkylation sites (tertiary alicyclic amines) is 1. The highest BCUT2D eigenvalue weighted by Crippen LogP contribution is 2.22. The largest absolute Gasteiger partial charge is 0.352 e. The van der Waals surface area contributed by atoms with Gasteiger partial charge in [0.25, 0.3) is 5.91 Å². The number of hydrogen-bond acceptors (Lipinski definition) is 3. The van der Waals surface area contributed by atoms with Crippen molar-refractivity contribution in [1.29, 1.82) is 0 Å². The summed E-state index contributed by atoms with van der Waals surface area (Å²) in [5.41, 5.74) is 1.77. The molecule has 0 bridgehead atoms. The third kappa shape index (κ3) is 5.80. The second-order valence-electron chi connectivity index (χ2n) is 8.11. The quantitative estimate of drug-likeness (QED) is 0.808. The van der Waals surface area contributed by atoms with Crippen LogP contribution in [0.1, 0.15) is 61.4 Å². The van der Waals surface area contributed by atoms with Crippen LogP contribution in [0.25, 0.3) is 0 Å². The summed E-state index contributed by atoms with van der Waals surface area (Å²) in [7, 11) is 0. The number of carbonyl (C=O) groups is 2. The Hall–Kier alpha value is -1.88. The van der Waals surface area contributed by atoms with Gasteiger partial charge in [0.15, 0.2) is 0 Å². The van der Waals surface area contributed by atoms with Crippen molar-refractivity contribution < 1.29 is 9.59 Å². The number of rotatable bonds is 6. The van der Waals surface area contributed by atoms with Gasteiger partial charge >= 0.3 is 0 Å². The lowest BCUT2D eigenvalue weighted by atomic mass is 9.85. The summed E-state index contributed by atoms with van der Waals surface area (Å²) in [4.78, 5) is 26.7. The molecule has 5 heteroatoms. The Kier molecular flexibility index (Phi) is 7.27. The number of benzene rings is 1. The van der Waals surface area contributed by atoms with Crippen LogP contribution in [-0.4, -0.2) is 42.9 Å². The molecule has 2 atom stereocenters. The molecule has 0 aliphatic carbocycles. The molecule has 2 amide bonds. The van der Waals surface area contributed by atoms with Crippen LogP contribution in [0.5, 0.6) is 0 Å². The zero-order chi connectivity index (χ0) is 19.1. The van der Waals surface area contributed by atoms with Gasteiger partial charge in [-0.1, -0.05) is 19.1 Å². The summed E-state index contributed by atoms with van der Waals surface area (Å²) in [5.74, 6) is 1.24. The molecule has 1 aromatic rings. The molecule has 2 saturated heterocycles. The van der Waals surface area contributed by atoms with E-state index >= 15 is 0 Å². The first-order valence-electron chi connectivity index (χ1n) is 10.5. The highest BCUT2D eigenvalue weighted by atomic mass is 16.2. The lowest BCUT2D eigenvalue weighted by Crippen LogP contribution is -2.35. The molecular weight excluding hydrogens is 338 g/mol. The molecule has 2 aliphatic rings. The van der Waals surface area contributed by atoms with Crippen LogP contribution in [0.2, 0.25) is 0 Å². The van der Waals surface area contributed by atoms with Gasteiger partial charge in [0, 0.05) is 31.6 Å². The fraction of sp³-hybridized carbons (Fsp3) is 0.636. The van der Waals surface area contributed by atoms with Crippen LogP contribution in [0, 0.1) is 11.8 Å². The first-order valence-corrected chi connectivity index (χ1v) is 10.5. The fourth-order valence-electron chi connectivity index (χ4n) is 4.14. The second-order valence-corrected chi connectivity index (χ2v) is 8.11. The van der Waals surface area contributed by atoms with Crippen LogP contribution in [0.15, 0.2) is 24.3 Å². The Labute approximate surface area is 162 Å². The maximum atomic E-state index is 12.5. The number of carbonyl (C=O) groups excluding carboxylic acids is 2. The van der Waals surface area contributed by atoms with Gasteiger partial charge in [0.1, 0.15) is 0 Å². The minimum Gasteiger partial charge on any atom is -0.352 e. The average Bonchev–Trinajstić information content (AvgIpc) is 2.73. The SMILES string of the molecule is CC(CC(=O)NCc1ccc(C(=O)N2CCCCC2)cc1)C1CCCNC1. The molecule has 1 aromatic carbocycles. The molecule has 2 aliphatic heterocycles. The number of hydrogen-bond donors (Lipinski definition) is 2. The molecule has 0 saturated carbocycles. The number of nitrogens with one attached hydrogen (secondary N) is 2. The molecule has 5 nitrogen and oxygen atoms in total. The molecule has 2 fully saturated rings. The highest BCUT2D eigenvalue weighted by Gasteiger charge is 2.22. The molecule has 2 heterocycles. The predicted molar refractivity (Wildman–Crippen MR) is 107 cm³/mol. The molecule has 148 valence electrons. The van der Waals surface area contributed by atoms with Crippen molar-refractivity contribution in [1.82, 2.24) is 15.5 Å². The summed E-state index contributed by atoms with van der Waals surface area (Å²) >= 11 is 0. The number of amides is 2. The molecule has 0 spiro atoms. The van der Waals surface area contributed by atoms with Gasteiger partial charge in [-0.15, -0.1) is 0 Å². The summed E-state index contributed by atoms with van der Waals surface area (Å²) in [6.07, 6.45) is 6.43. The first kappa shape index (κ1) is 19.9. The molecule has 0 radical (unpaired) electrons. The van der Waals surface area contributed by atoms with E-state index in [2.05, 4.69) is 17.6 Å². The van der Waals surface area contributed by atoms with E-state index in [0.29, 0.717) is 24.8 Å². The van der Waals surface area contributed by atoms with Crippen LogP contribution in [0.3, 0.4) is 0 Å². The van der Waals surface area contributed by atoms with Gasteiger partial charge in [0.05, 0.1) is 0 Å². The van der Waals surface area contributed by atoms with Crippen molar-refractivity contribution in [2.24, 2.45) is 11.8 Å². The van der Waals surface area contributed by atoms with E-state index in [4.69, 9.17) is 0 Å². The van der Waals surface area contributed by atoms with E-state index in [1.54, 1.807) is 0 Å². The molecule has 2 unspecified atom stereocenters. The van der Waals surface area contributed by atoms with Crippen molar-refractivity contribution in [2.75, 3.05) is 26.2 Å². The number of nitrogens with zero attached hydrogens (tertiary/aromatic N) is 1. The lowest BCUT2D eigenvalue weighted by Gasteiger charge is -2.28. The van der Waals surface area contributed by atoms with Crippen molar-refractivity contribution in [2.45, 2.75) is 52.0 Å². The normalized spacial score (nSPS) is 21.5. The van der Waals surface area contributed by atoms with E-state index in [0.717, 1.165) is 50.1 Å². The fourth-order valence-corrected chi connectivity index (χ4v) is 4.14. The summed E-state index contributed by atoms with van der Waals surface area (Å²) in [5, 5.41) is 6.45. The Morgan fingerprint density at radius 3 is 2.56 bits per heavy atom. The summed E-state index contributed by atoms with van der Waals surface area (Å²) in [6, 6.07) is 7.67. The van der Waals surface area contributed by atoms with E-state index < -0.39 is 0 Å². The van der Waals surface area contributed by atoms with Crippen LogP contribution >= 0.6 is 0 Å². The Morgan fingerprint density at radius 1 is 1.15 bits per heavy atom. The Morgan fingerprint density at radius 2 is 1.89 bits per heavy atom. The number of piperidine rings is 2. The third-order valence-electron chi connectivity index (χ3n) is 5.98. The van der Waals surface area contributed by atoms with Crippen molar-refractivity contribution in [3.8, 4) is 0 Å². The van der Waals surface area contributed by atoms with Gasteiger partial charge in [-0.2, -0.15) is 0 Å². The predicted octanol–water partition coefficient (Wildman–Crippen LogP) is 2.95. The zero-order valence-electron chi connectivity index (χ0n) is 16.5. The van der Waals surface area contributed by atoms with Crippen molar-refractivity contribution >= 4 is 11.8 Å². The molecule has 0 aromatic heterocycles.